The lowest BCUT2D eigenvalue weighted by Gasteiger charge is -2.08. The van der Waals surface area contributed by atoms with Crippen LogP contribution in [-0.2, 0) is 17.9 Å². The molecule has 0 aliphatic carbocycles. The van der Waals surface area contributed by atoms with Crippen LogP contribution in [0.25, 0.3) is 10.8 Å². The highest BCUT2D eigenvalue weighted by Crippen LogP contribution is 2.15. The molecular formula is C18H18N2O2S. The minimum atomic E-state index is -0.0457. The molecule has 1 N–H and O–H groups in total. The van der Waals surface area contributed by atoms with E-state index in [2.05, 4.69) is 29.6 Å². The summed E-state index contributed by atoms with van der Waals surface area (Å²) in [6, 6.07) is 14.3. The summed E-state index contributed by atoms with van der Waals surface area (Å²) in [7, 11) is 0. The molecule has 1 amide bonds. The van der Waals surface area contributed by atoms with Gasteiger partial charge in [0.1, 0.15) is 0 Å². The van der Waals surface area contributed by atoms with E-state index in [9.17, 15) is 9.59 Å². The topological polar surface area (TPSA) is 51.1 Å². The second-order valence-electron chi connectivity index (χ2n) is 5.50. The fourth-order valence-corrected chi connectivity index (χ4v) is 3.29. The van der Waals surface area contributed by atoms with Crippen LogP contribution in [0.5, 0.6) is 0 Å². The number of amides is 1. The SMILES string of the molecule is Cc1csc(=O)n1CCC(=O)NCc1ccc2ccccc2c1. The van der Waals surface area contributed by atoms with Crippen LogP contribution in [-0.4, -0.2) is 10.5 Å². The van der Waals surface area contributed by atoms with Gasteiger partial charge in [-0.2, -0.15) is 0 Å². The van der Waals surface area contributed by atoms with Gasteiger partial charge in [-0.3, -0.25) is 9.59 Å². The Morgan fingerprint density at radius 1 is 1.17 bits per heavy atom. The van der Waals surface area contributed by atoms with Crippen LogP contribution in [0, 0.1) is 6.92 Å². The maximum Gasteiger partial charge on any atom is 0.307 e. The molecule has 0 radical (unpaired) electrons. The second-order valence-corrected chi connectivity index (χ2v) is 6.32. The zero-order valence-electron chi connectivity index (χ0n) is 12.9. The van der Waals surface area contributed by atoms with Gasteiger partial charge in [0.25, 0.3) is 0 Å². The number of hydrogen-bond acceptors (Lipinski definition) is 3. The summed E-state index contributed by atoms with van der Waals surface area (Å²) < 4.78 is 1.64. The molecule has 23 heavy (non-hydrogen) atoms. The number of thiazole rings is 1. The molecule has 0 aliphatic rings. The fourth-order valence-electron chi connectivity index (χ4n) is 2.53. The molecule has 4 nitrogen and oxygen atoms in total. The van der Waals surface area contributed by atoms with Crippen LogP contribution < -0.4 is 10.2 Å². The lowest BCUT2D eigenvalue weighted by atomic mass is 10.1. The van der Waals surface area contributed by atoms with E-state index in [1.807, 2.05) is 30.5 Å². The number of benzene rings is 2. The molecule has 2 aromatic carbocycles. The average Bonchev–Trinajstić information content (AvgIpc) is 2.89. The molecule has 1 heterocycles. The first-order chi connectivity index (χ1) is 11.1. The summed E-state index contributed by atoms with van der Waals surface area (Å²) in [4.78, 5) is 23.6. The average molecular weight is 326 g/mol. The largest absolute Gasteiger partial charge is 0.352 e. The molecule has 5 heteroatoms. The molecule has 0 saturated heterocycles. The number of aryl methyl sites for hydroxylation is 1. The van der Waals surface area contributed by atoms with Crippen LogP contribution in [0.15, 0.2) is 52.6 Å². The lowest BCUT2D eigenvalue weighted by Crippen LogP contribution is -2.25. The normalized spacial score (nSPS) is 10.8. The third-order valence-corrected chi connectivity index (χ3v) is 4.72. The van der Waals surface area contributed by atoms with Gasteiger partial charge in [-0.05, 0) is 29.3 Å². The van der Waals surface area contributed by atoms with Gasteiger partial charge in [0.05, 0.1) is 0 Å². The van der Waals surface area contributed by atoms with Crippen molar-refractivity contribution in [2.75, 3.05) is 0 Å². The van der Waals surface area contributed by atoms with E-state index in [4.69, 9.17) is 0 Å². The zero-order chi connectivity index (χ0) is 16.2. The molecule has 0 bridgehead atoms. The number of aromatic nitrogens is 1. The van der Waals surface area contributed by atoms with Crippen LogP contribution in [0.4, 0.5) is 0 Å². The number of hydrogen-bond donors (Lipinski definition) is 1. The summed E-state index contributed by atoms with van der Waals surface area (Å²) in [6.45, 7) is 2.81. The number of nitrogens with zero attached hydrogens (tertiary/aromatic N) is 1. The third kappa shape index (κ3) is 3.68. The van der Waals surface area contributed by atoms with E-state index in [1.54, 1.807) is 4.57 Å². The Morgan fingerprint density at radius 3 is 2.70 bits per heavy atom. The summed E-state index contributed by atoms with van der Waals surface area (Å²) in [5.41, 5.74) is 1.98. The monoisotopic (exact) mass is 326 g/mol. The molecule has 0 aliphatic heterocycles. The van der Waals surface area contributed by atoms with E-state index in [0.717, 1.165) is 11.3 Å². The van der Waals surface area contributed by atoms with Crippen molar-refractivity contribution in [3.63, 3.8) is 0 Å². The number of nitrogens with one attached hydrogen (secondary N) is 1. The summed E-state index contributed by atoms with van der Waals surface area (Å²) in [5, 5.41) is 7.08. The van der Waals surface area contributed by atoms with E-state index >= 15 is 0 Å². The predicted molar refractivity (Wildman–Crippen MR) is 93.7 cm³/mol. The van der Waals surface area contributed by atoms with Crippen molar-refractivity contribution in [1.29, 1.82) is 0 Å². The van der Waals surface area contributed by atoms with Crippen molar-refractivity contribution in [1.82, 2.24) is 9.88 Å². The molecule has 0 spiro atoms. The molecule has 0 unspecified atom stereocenters. The standard InChI is InChI=1S/C18H18N2O2S/c1-13-12-23-18(22)20(13)9-8-17(21)19-11-14-6-7-15-4-2-3-5-16(15)10-14/h2-7,10,12H,8-9,11H2,1H3,(H,19,21). The molecule has 1 aromatic heterocycles. The number of fused-ring (bicyclic) bond motifs is 1. The first kappa shape index (κ1) is 15.5. The fraction of sp³-hybridized carbons (Fsp3) is 0.222. The summed E-state index contributed by atoms with van der Waals surface area (Å²) >= 11 is 1.17. The van der Waals surface area contributed by atoms with Crippen molar-refractivity contribution in [2.24, 2.45) is 0 Å². The second kappa shape index (κ2) is 6.79. The van der Waals surface area contributed by atoms with E-state index in [-0.39, 0.29) is 10.8 Å². The Bertz CT molecular complexity index is 895. The third-order valence-electron chi connectivity index (χ3n) is 3.84. The minimum Gasteiger partial charge on any atom is -0.352 e. The van der Waals surface area contributed by atoms with Crippen molar-refractivity contribution < 1.29 is 4.79 Å². The van der Waals surface area contributed by atoms with Crippen molar-refractivity contribution in [3.05, 3.63) is 68.8 Å². The molecule has 0 saturated carbocycles. The molecule has 3 aromatic rings. The number of carbonyl (C=O) groups excluding carboxylic acids is 1. The van der Waals surface area contributed by atoms with E-state index in [1.165, 1.54) is 22.1 Å². The van der Waals surface area contributed by atoms with Crippen LogP contribution >= 0.6 is 11.3 Å². The van der Waals surface area contributed by atoms with Crippen molar-refractivity contribution >= 4 is 28.0 Å². The highest BCUT2D eigenvalue weighted by Gasteiger charge is 2.06. The van der Waals surface area contributed by atoms with Gasteiger partial charge in [0, 0.05) is 30.6 Å². The maximum absolute atomic E-state index is 12.0. The van der Waals surface area contributed by atoms with Gasteiger partial charge in [0.15, 0.2) is 0 Å². The minimum absolute atomic E-state index is 0.00942. The highest BCUT2D eigenvalue weighted by molar-refractivity contribution is 7.07. The van der Waals surface area contributed by atoms with Gasteiger partial charge in [-0.15, -0.1) is 0 Å². The Morgan fingerprint density at radius 2 is 1.96 bits per heavy atom. The van der Waals surface area contributed by atoms with Gasteiger partial charge in [-0.25, -0.2) is 0 Å². The molecule has 0 fully saturated rings. The van der Waals surface area contributed by atoms with E-state index in [0.29, 0.717) is 19.5 Å². The van der Waals surface area contributed by atoms with E-state index < -0.39 is 0 Å². The first-order valence-electron chi connectivity index (χ1n) is 7.53. The van der Waals surface area contributed by atoms with Crippen molar-refractivity contribution in [2.45, 2.75) is 26.4 Å². The lowest BCUT2D eigenvalue weighted by molar-refractivity contribution is -0.121. The highest BCUT2D eigenvalue weighted by atomic mass is 32.1. The Balaban J connectivity index is 1.56. The molecule has 3 rings (SSSR count). The Hall–Kier alpha value is -2.40. The number of rotatable bonds is 5. The quantitative estimate of drug-likeness (QED) is 0.783. The van der Waals surface area contributed by atoms with Crippen LogP contribution in [0.2, 0.25) is 0 Å². The van der Waals surface area contributed by atoms with Gasteiger partial charge < -0.3 is 9.88 Å². The molecule has 118 valence electrons. The molecular weight excluding hydrogens is 308 g/mol. The maximum atomic E-state index is 12.0. The predicted octanol–water partition coefficient (Wildman–Crippen LogP) is 3.08. The van der Waals surface area contributed by atoms with Gasteiger partial charge in [-0.1, -0.05) is 47.7 Å². The van der Waals surface area contributed by atoms with Crippen molar-refractivity contribution in [3.8, 4) is 0 Å². The zero-order valence-corrected chi connectivity index (χ0v) is 13.7. The first-order valence-corrected chi connectivity index (χ1v) is 8.41. The van der Waals surface area contributed by atoms with Crippen LogP contribution in [0.3, 0.4) is 0 Å². The number of carbonyl (C=O) groups is 1. The smallest absolute Gasteiger partial charge is 0.307 e. The van der Waals surface area contributed by atoms with Gasteiger partial charge in [0.2, 0.25) is 5.91 Å². The van der Waals surface area contributed by atoms with Gasteiger partial charge >= 0.3 is 4.87 Å². The Labute approximate surface area is 138 Å². The summed E-state index contributed by atoms with van der Waals surface area (Å²) in [6.07, 6.45) is 0.311. The summed E-state index contributed by atoms with van der Waals surface area (Å²) in [5.74, 6) is -0.0457. The Kier molecular flexibility index (Phi) is 4.57. The van der Waals surface area contributed by atoms with Crippen LogP contribution in [0.1, 0.15) is 17.7 Å². The molecule has 0 atom stereocenters.